The third-order valence-corrected chi connectivity index (χ3v) is 2.21. The summed E-state index contributed by atoms with van der Waals surface area (Å²) in [4.78, 5) is 7.64. The average molecular weight is 211 g/mol. The van der Waals surface area contributed by atoms with Gasteiger partial charge in [0.1, 0.15) is 5.82 Å². The molecule has 0 atom stereocenters. The molecule has 0 aromatic carbocycles. The van der Waals surface area contributed by atoms with E-state index in [-0.39, 0.29) is 5.41 Å². The molecular weight excluding hydrogens is 190 g/mol. The van der Waals surface area contributed by atoms with E-state index in [2.05, 4.69) is 36.1 Å². The molecule has 0 amide bonds. The number of imidazole rings is 1. The summed E-state index contributed by atoms with van der Waals surface area (Å²) in [6.07, 6.45) is 1.91. The largest absolute Gasteiger partial charge is 0.383 e. The van der Waals surface area contributed by atoms with Crippen molar-refractivity contribution < 1.29 is 4.74 Å². The number of aromatic nitrogens is 2. The first-order valence-corrected chi connectivity index (χ1v) is 5.28. The van der Waals surface area contributed by atoms with Crippen molar-refractivity contribution in [2.75, 3.05) is 20.3 Å². The number of nitrogens with zero attached hydrogens (tertiary/aromatic N) is 1. The zero-order chi connectivity index (χ0) is 11.3. The van der Waals surface area contributed by atoms with Gasteiger partial charge in [0.2, 0.25) is 0 Å². The Labute approximate surface area is 91.4 Å². The lowest BCUT2D eigenvalue weighted by atomic mass is 9.93. The van der Waals surface area contributed by atoms with Crippen LogP contribution in [0.4, 0.5) is 0 Å². The Kier molecular flexibility index (Phi) is 4.29. The molecule has 4 heteroatoms. The van der Waals surface area contributed by atoms with Crippen LogP contribution in [0.25, 0.3) is 0 Å². The molecule has 1 aromatic heterocycles. The highest BCUT2D eigenvalue weighted by Crippen LogP contribution is 2.19. The van der Waals surface area contributed by atoms with Gasteiger partial charge in [-0.05, 0) is 0 Å². The van der Waals surface area contributed by atoms with Gasteiger partial charge in [0.15, 0.2) is 0 Å². The molecule has 15 heavy (non-hydrogen) atoms. The number of ether oxygens (including phenoxy) is 1. The third kappa shape index (κ3) is 4.01. The molecule has 0 aliphatic rings. The summed E-state index contributed by atoms with van der Waals surface area (Å²) >= 11 is 0. The van der Waals surface area contributed by atoms with Crippen molar-refractivity contribution in [1.29, 1.82) is 0 Å². The van der Waals surface area contributed by atoms with Gasteiger partial charge in [-0.1, -0.05) is 20.8 Å². The summed E-state index contributed by atoms with van der Waals surface area (Å²) in [5.41, 5.74) is 1.31. The molecule has 0 bridgehead atoms. The normalized spacial score (nSPS) is 12.0. The Hall–Kier alpha value is -0.870. The van der Waals surface area contributed by atoms with E-state index < -0.39 is 0 Å². The Balaban J connectivity index is 2.40. The minimum atomic E-state index is 0.137. The molecule has 2 N–H and O–H groups in total. The van der Waals surface area contributed by atoms with Crippen LogP contribution in [0.1, 0.15) is 32.3 Å². The Morgan fingerprint density at radius 2 is 2.20 bits per heavy atom. The highest BCUT2D eigenvalue weighted by atomic mass is 16.5. The highest BCUT2D eigenvalue weighted by Gasteiger charge is 2.15. The van der Waals surface area contributed by atoms with Crippen molar-refractivity contribution in [2.24, 2.45) is 0 Å². The highest BCUT2D eigenvalue weighted by molar-refractivity contribution is 5.11. The SMILES string of the molecule is COCCNCc1ncc(C(C)(C)C)[nH]1. The van der Waals surface area contributed by atoms with Gasteiger partial charge in [-0.3, -0.25) is 0 Å². The minimum Gasteiger partial charge on any atom is -0.383 e. The van der Waals surface area contributed by atoms with E-state index in [1.807, 2.05) is 6.20 Å². The number of H-pyrrole nitrogens is 1. The van der Waals surface area contributed by atoms with Crippen molar-refractivity contribution in [3.8, 4) is 0 Å². The molecule has 86 valence electrons. The number of nitrogens with one attached hydrogen (secondary N) is 2. The molecule has 1 aromatic rings. The van der Waals surface area contributed by atoms with Gasteiger partial charge in [0.25, 0.3) is 0 Å². The van der Waals surface area contributed by atoms with Crippen molar-refractivity contribution in [3.05, 3.63) is 17.7 Å². The predicted molar refractivity (Wildman–Crippen MR) is 60.9 cm³/mol. The lowest BCUT2D eigenvalue weighted by Gasteiger charge is -2.15. The van der Waals surface area contributed by atoms with Crippen LogP contribution < -0.4 is 5.32 Å². The summed E-state index contributed by atoms with van der Waals surface area (Å²) in [5, 5.41) is 3.25. The number of hydrogen-bond acceptors (Lipinski definition) is 3. The molecule has 0 saturated carbocycles. The molecule has 0 radical (unpaired) electrons. The fourth-order valence-electron chi connectivity index (χ4n) is 1.21. The van der Waals surface area contributed by atoms with Gasteiger partial charge in [-0.15, -0.1) is 0 Å². The van der Waals surface area contributed by atoms with Crippen LogP contribution in [0, 0.1) is 0 Å². The monoisotopic (exact) mass is 211 g/mol. The Morgan fingerprint density at radius 1 is 1.47 bits per heavy atom. The first kappa shape index (κ1) is 12.2. The molecule has 0 unspecified atom stereocenters. The molecule has 1 rings (SSSR count). The van der Waals surface area contributed by atoms with E-state index in [1.165, 1.54) is 5.69 Å². The number of methoxy groups -OCH3 is 1. The molecule has 0 saturated heterocycles. The second kappa shape index (κ2) is 5.28. The van der Waals surface area contributed by atoms with E-state index in [0.717, 1.165) is 25.5 Å². The maximum absolute atomic E-state index is 4.95. The van der Waals surface area contributed by atoms with Gasteiger partial charge in [-0.2, -0.15) is 0 Å². The minimum absolute atomic E-state index is 0.137. The zero-order valence-corrected chi connectivity index (χ0v) is 10.1. The second-order valence-electron chi connectivity index (χ2n) is 4.66. The van der Waals surface area contributed by atoms with Crippen LogP contribution in [0.5, 0.6) is 0 Å². The average Bonchev–Trinajstić information content (AvgIpc) is 2.60. The predicted octanol–water partition coefficient (Wildman–Crippen LogP) is 1.44. The van der Waals surface area contributed by atoms with Crippen molar-refractivity contribution in [2.45, 2.75) is 32.7 Å². The van der Waals surface area contributed by atoms with Crippen LogP contribution in [0.15, 0.2) is 6.20 Å². The van der Waals surface area contributed by atoms with E-state index in [4.69, 9.17) is 4.74 Å². The van der Waals surface area contributed by atoms with E-state index in [1.54, 1.807) is 7.11 Å². The van der Waals surface area contributed by atoms with Gasteiger partial charge < -0.3 is 15.0 Å². The molecular formula is C11H21N3O. The smallest absolute Gasteiger partial charge is 0.120 e. The standard InChI is InChI=1S/C11H21N3O/c1-11(2,3)9-7-13-10(14-9)8-12-5-6-15-4/h7,12H,5-6,8H2,1-4H3,(H,13,14). The molecule has 1 heterocycles. The van der Waals surface area contributed by atoms with E-state index >= 15 is 0 Å². The summed E-state index contributed by atoms with van der Waals surface area (Å²) in [6, 6.07) is 0. The first-order chi connectivity index (χ1) is 7.04. The third-order valence-electron chi connectivity index (χ3n) is 2.21. The molecule has 0 aliphatic carbocycles. The number of rotatable bonds is 5. The fraction of sp³-hybridized carbons (Fsp3) is 0.727. The quantitative estimate of drug-likeness (QED) is 0.725. The van der Waals surface area contributed by atoms with Crippen LogP contribution in [-0.2, 0) is 16.7 Å². The number of hydrogen-bond donors (Lipinski definition) is 2. The van der Waals surface area contributed by atoms with Crippen LogP contribution >= 0.6 is 0 Å². The molecule has 0 fully saturated rings. The van der Waals surface area contributed by atoms with Crippen LogP contribution in [0.2, 0.25) is 0 Å². The Bertz CT molecular complexity index is 288. The van der Waals surface area contributed by atoms with Crippen molar-refractivity contribution >= 4 is 0 Å². The summed E-state index contributed by atoms with van der Waals surface area (Å²) < 4.78 is 4.95. The Morgan fingerprint density at radius 3 is 2.73 bits per heavy atom. The lowest BCUT2D eigenvalue weighted by Crippen LogP contribution is -2.19. The molecule has 0 aliphatic heterocycles. The first-order valence-electron chi connectivity index (χ1n) is 5.28. The number of aromatic amines is 1. The van der Waals surface area contributed by atoms with Gasteiger partial charge in [0, 0.05) is 31.0 Å². The van der Waals surface area contributed by atoms with E-state index in [0.29, 0.717) is 0 Å². The van der Waals surface area contributed by atoms with Gasteiger partial charge in [0.05, 0.1) is 13.2 Å². The zero-order valence-electron chi connectivity index (χ0n) is 10.1. The fourth-order valence-corrected chi connectivity index (χ4v) is 1.21. The van der Waals surface area contributed by atoms with Crippen LogP contribution in [0.3, 0.4) is 0 Å². The van der Waals surface area contributed by atoms with Gasteiger partial charge in [-0.25, -0.2) is 4.98 Å². The molecule has 0 spiro atoms. The summed E-state index contributed by atoms with van der Waals surface area (Å²) in [7, 11) is 1.70. The topological polar surface area (TPSA) is 49.9 Å². The maximum Gasteiger partial charge on any atom is 0.120 e. The van der Waals surface area contributed by atoms with Crippen molar-refractivity contribution in [1.82, 2.24) is 15.3 Å². The lowest BCUT2D eigenvalue weighted by molar-refractivity contribution is 0.199. The maximum atomic E-state index is 4.95. The van der Waals surface area contributed by atoms with Gasteiger partial charge >= 0.3 is 0 Å². The molecule has 4 nitrogen and oxygen atoms in total. The van der Waals surface area contributed by atoms with E-state index in [9.17, 15) is 0 Å². The summed E-state index contributed by atoms with van der Waals surface area (Å²) in [5.74, 6) is 0.982. The van der Waals surface area contributed by atoms with Crippen molar-refractivity contribution in [3.63, 3.8) is 0 Å². The second-order valence-corrected chi connectivity index (χ2v) is 4.66. The van der Waals surface area contributed by atoms with Crippen LogP contribution in [-0.4, -0.2) is 30.2 Å². The summed E-state index contributed by atoms with van der Waals surface area (Å²) in [6.45, 7) is 8.85.